The number of benzene rings is 1. The maximum absolute atomic E-state index is 13.1. The highest BCUT2D eigenvalue weighted by Gasteiger charge is 2.40. The zero-order valence-corrected chi connectivity index (χ0v) is 14.4. The van der Waals surface area contributed by atoms with Gasteiger partial charge in [-0.3, -0.25) is 4.79 Å². The van der Waals surface area contributed by atoms with Crippen LogP contribution in [0, 0.1) is 0 Å². The van der Waals surface area contributed by atoms with Crippen LogP contribution in [0.1, 0.15) is 42.5 Å². The van der Waals surface area contributed by atoms with E-state index in [1.54, 1.807) is 11.3 Å². The monoisotopic (exact) mass is 362 g/mol. The molecule has 0 bridgehead atoms. The molecule has 1 fully saturated rings. The molecule has 1 saturated carbocycles. The predicted octanol–water partition coefficient (Wildman–Crippen LogP) is 5.52. The van der Waals surface area contributed by atoms with Gasteiger partial charge in [-0.15, -0.1) is 11.3 Å². The van der Waals surface area contributed by atoms with E-state index in [4.69, 9.17) is 0 Å². The van der Waals surface area contributed by atoms with Crippen molar-refractivity contribution in [2.45, 2.75) is 43.9 Å². The summed E-state index contributed by atoms with van der Waals surface area (Å²) in [4.78, 5) is 14.3. The second-order valence-electron chi connectivity index (χ2n) is 5.80. The van der Waals surface area contributed by atoms with E-state index in [1.165, 1.54) is 12.0 Å². The fourth-order valence-electron chi connectivity index (χ4n) is 3.41. The number of halogens is 1. The van der Waals surface area contributed by atoms with Gasteiger partial charge in [0.25, 0.3) is 0 Å². The first-order chi connectivity index (χ1) is 10.2. The quantitative estimate of drug-likeness (QED) is 0.699. The smallest absolute Gasteiger partial charge is 0.148 e. The number of ketones is 1. The zero-order chi connectivity index (χ0) is 14.7. The molecular formula is C18H19BrOS. The minimum Gasteiger partial charge on any atom is -0.298 e. The summed E-state index contributed by atoms with van der Waals surface area (Å²) in [6, 6.07) is 12.4. The normalized spacial score (nSPS) is 17.6. The Balaban J connectivity index is 1.92. The lowest BCUT2D eigenvalue weighted by Crippen LogP contribution is -2.39. The Morgan fingerprint density at radius 1 is 1.10 bits per heavy atom. The largest absolute Gasteiger partial charge is 0.298 e. The van der Waals surface area contributed by atoms with Crippen LogP contribution < -0.4 is 0 Å². The van der Waals surface area contributed by atoms with Crippen molar-refractivity contribution < 1.29 is 4.79 Å². The van der Waals surface area contributed by atoms with Gasteiger partial charge in [0.15, 0.2) is 0 Å². The number of hydrogen-bond acceptors (Lipinski definition) is 2. The summed E-state index contributed by atoms with van der Waals surface area (Å²) in [6.07, 6.45) is 6.12. The highest BCUT2D eigenvalue weighted by molar-refractivity contribution is 9.10. The summed E-state index contributed by atoms with van der Waals surface area (Å²) >= 11 is 5.22. The first-order valence-corrected chi connectivity index (χ1v) is 9.20. The van der Waals surface area contributed by atoms with Gasteiger partial charge in [0.05, 0.1) is 5.41 Å². The van der Waals surface area contributed by atoms with Crippen molar-refractivity contribution in [2.24, 2.45) is 0 Å². The second kappa shape index (κ2) is 6.45. The molecular weight excluding hydrogens is 344 g/mol. The molecule has 0 saturated heterocycles. The molecule has 1 nitrogen and oxygen atoms in total. The molecule has 110 valence electrons. The minimum atomic E-state index is -0.261. The Bertz CT molecular complexity index is 611. The van der Waals surface area contributed by atoms with Crippen molar-refractivity contribution >= 4 is 33.0 Å². The highest BCUT2D eigenvalue weighted by Crippen LogP contribution is 2.41. The third-order valence-electron chi connectivity index (χ3n) is 4.58. The van der Waals surface area contributed by atoms with Crippen LogP contribution >= 0.6 is 27.3 Å². The van der Waals surface area contributed by atoms with Crippen LogP contribution in [0.4, 0.5) is 0 Å². The third kappa shape index (κ3) is 3.00. The van der Waals surface area contributed by atoms with Gasteiger partial charge in [0.1, 0.15) is 5.78 Å². The maximum Gasteiger partial charge on any atom is 0.148 e. The molecule has 0 amide bonds. The Hall–Kier alpha value is -0.930. The molecule has 1 heterocycles. The van der Waals surface area contributed by atoms with Crippen LogP contribution in [0.2, 0.25) is 0 Å². The van der Waals surface area contributed by atoms with Crippen molar-refractivity contribution in [3.8, 4) is 0 Å². The molecule has 0 unspecified atom stereocenters. The molecule has 21 heavy (non-hydrogen) atoms. The van der Waals surface area contributed by atoms with Crippen molar-refractivity contribution in [3.63, 3.8) is 0 Å². The molecule has 1 aliphatic carbocycles. The van der Waals surface area contributed by atoms with Crippen molar-refractivity contribution in [2.75, 3.05) is 0 Å². The highest BCUT2D eigenvalue weighted by atomic mass is 79.9. The predicted molar refractivity (Wildman–Crippen MR) is 91.9 cm³/mol. The molecule has 1 aromatic heterocycles. The van der Waals surface area contributed by atoms with Gasteiger partial charge in [-0.25, -0.2) is 0 Å². The molecule has 2 aromatic rings. The summed E-state index contributed by atoms with van der Waals surface area (Å²) in [6.45, 7) is 0. The molecule has 3 rings (SSSR count). The van der Waals surface area contributed by atoms with Gasteiger partial charge < -0.3 is 0 Å². The van der Waals surface area contributed by atoms with Crippen molar-refractivity contribution in [1.29, 1.82) is 0 Å². The number of rotatable bonds is 4. The number of carbonyl (C=O) groups excluding carboxylic acids is 1. The maximum atomic E-state index is 13.1. The van der Waals surface area contributed by atoms with E-state index in [0.29, 0.717) is 12.2 Å². The van der Waals surface area contributed by atoms with E-state index in [2.05, 4.69) is 40.2 Å². The average Bonchev–Trinajstić information content (AvgIpc) is 2.94. The van der Waals surface area contributed by atoms with Crippen LogP contribution in [0.15, 0.2) is 46.3 Å². The summed E-state index contributed by atoms with van der Waals surface area (Å²) in [5.74, 6) is 0.386. The van der Waals surface area contributed by atoms with Gasteiger partial charge in [-0.2, -0.15) is 0 Å². The van der Waals surface area contributed by atoms with E-state index in [-0.39, 0.29) is 5.41 Å². The van der Waals surface area contributed by atoms with E-state index in [0.717, 1.165) is 35.0 Å². The lowest BCUT2D eigenvalue weighted by atomic mass is 9.66. The molecule has 1 aromatic carbocycles. The lowest BCUT2D eigenvalue weighted by Gasteiger charge is -2.36. The van der Waals surface area contributed by atoms with E-state index in [1.807, 2.05) is 17.5 Å². The van der Waals surface area contributed by atoms with E-state index < -0.39 is 0 Å². The standard InChI is InChI=1S/C18H19BrOS/c19-15-9-12-21-16(15)13-17(20)18(10-5-2-6-11-18)14-7-3-1-4-8-14/h1,3-4,7-9,12H,2,5-6,10-11,13H2. The SMILES string of the molecule is O=C(Cc1sccc1Br)C1(c2ccccc2)CCCCC1. The lowest BCUT2D eigenvalue weighted by molar-refractivity contribution is -0.125. The summed E-state index contributed by atoms with van der Waals surface area (Å²) in [5.41, 5.74) is 0.950. The second-order valence-corrected chi connectivity index (χ2v) is 7.66. The van der Waals surface area contributed by atoms with Crippen LogP contribution in [0.5, 0.6) is 0 Å². The van der Waals surface area contributed by atoms with Gasteiger partial charge in [-0.1, -0.05) is 49.6 Å². The van der Waals surface area contributed by atoms with Gasteiger partial charge >= 0.3 is 0 Å². The topological polar surface area (TPSA) is 17.1 Å². The molecule has 0 aliphatic heterocycles. The van der Waals surface area contributed by atoms with E-state index in [9.17, 15) is 4.79 Å². The summed E-state index contributed by atoms with van der Waals surface area (Å²) < 4.78 is 1.07. The fourth-order valence-corrected chi connectivity index (χ4v) is 4.90. The van der Waals surface area contributed by atoms with Crippen LogP contribution in [-0.2, 0) is 16.6 Å². The van der Waals surface area contributed by atoms with Crippen LogP contribution in [-0.4, -0.2) is 5.78 Å². The van der Waals surface area contributed by atoms with E-state index >= 15 is 0 Å². The number of Topliss-reactive ketones (excluding diaryl/α,β-unsaturated/α-hetero) is 1. The molecule has 0 spiro atoms. The van der Waals surface area contributed by atoms with Crippen molar-refractivity contribution in [1.82, 2.24) is 0 Å². The fraction of sp³-hybridized carbons (Fsp3) is 0.389. The number of thiophene rings is 1. The van der Waals surface area contributed by atoms with Crippen molar-refractivity contribution in [3.05, 3.63) is 56.7 Å². The van der Waals surface area contributed by atoms with Gasteiger partial charge in [-0.05, 0) is 45.8 Å². The molecule has 0 N–H and O–H groups in total. The zero-order valence-electron chi connectivity index (χ0n) is 12.0. The first kappa shape index (κ1) is 15.0. The number of carbonyl (C=O) groups is 1. The minimum absolute atomic E-state index is 0.261. The molecule has 0 radical (unpaired) electrons. The first-order valence-electron chi connectivity index (χ1n) is 7.53. The molecule has 0 atom stereocenters. The molecule has 3 heteroatoms. The van der Waals surface area contributed by atoms with Crippen LogP contribution in [0.25, 0.3) is 0 Å². The number of hydrogen-bond donors (Lipinski definition) is 0. The molecule has 1 aliphatic rings. The summed E-state index contributed by atoms with van der Waals surface area (Å²) in [5, 5.41) is 2.04. The summed E-state index contributed by atoms with van der Waals surface area (Å²) in [7, 11) is 0. The average molecular weight is 363 g/mol. The Morgan fingerprint density at radius 2 is 1.81 bits per heavy atom. The van der Waals surface area contributed by atoms with Gasteiger partial charge in [0.2, 0.25) is 0 Å². The Kier molecular flexibility index (Phi) is 4.60. The third-order valence-corrected chi connectivity index (χ3v) is 6.51. The van der Waals surface area contributed by atoms with Crippen LogP contribution in [0.3, 0.4) is 0 Å². The Labute approximate surface area is 138 Å². The Morgan fingerprint density at radius 3 is 2.43 bits per heavy atom. The van der Waals surface area contributed by atoms with Gasteiger partial charge in [0, 0.05) is 15.8 Å².